The van der Waals surface area contributed by atoms with Gasteiger partial charge in [0, 0.05) is 0 Å². The molecule has 0 saturated carbocycles. The zero-order valence-corrected chi connectivity index (χ0v) is 9.61. The number of rotatable bonds is 4. The Bertz CT molecular complexity index is 573. The standard InChI is InChI=1S/C15H11NO2/c16-10-13(11-17)12-5-4-8-15(9-12)18-14-6-2-1-3-7-14/h1-9,11,13H. The van der Waals surface area contributed by atoms with Gasteiger partial charge in [0.2, 0.25) is 0 Å². The van der Waals surface area contributed by atoms with Crippen LogP contribution < -0.4 is 4.74 Å². The lowest BCUT2D eigenvalue weighted by atomic mass is 10.0. The molecule has 0 N–H and O–H groups in total. The number of hydrogen-bond acceptors (Lipinski definition) is 3. The molecule has 1 unspecified atom stereocenters. The van der Waals surface area contributed by atoms with Gasteiger partial charge in [-0.2, -0.15) is 5.26 Å². The number of carbonyl (C=O) groups is 1. The normalized spacial score (nSPS) is 11.3. The molecule has 0 saturated heterocycles. The van der Waals surface area contributed by atoms with E-state index in [1.807, 2.05) is 36.4 Å². The van der Waals surface area contributed by atoms with Gasteiger partial charge in [0.15, 0.2) is 0 Å². The summed E-state index contributed by atoms with van der Waals surface area (Å²) in [7, 11) is 0. The first kappa shape index (κ1) is 11.9. The second kappa shape index (κ2) is 5.65. The van der Waals surface area contributed by atoms with E-state index >= 15 is 0 Å². The van der Waals surface area contributed by atoms with Crippen LogP contribution in [0.4, 0.5) is 0 Å². The van der Waals surface area contributed by atoms with Crippen molar-refractivity contribution in [3.05, 3.63) is 60.2 Å². The lowest BCUT2D eigenvalue weighted by Gasteiger charge is -2.07. The third-order valence-corrected chi connectivity index (χ3v) is 2.47. The molecule has 88 valence electrons. The molecule has 18 heavy (non-hydrogen) atoms. The Labute approximate surface area is 105 Å². The summed E-state index contributed by atoms with van der Waals surface area (Å²) < 4.78 is 5.63. The summed E-state index contributed by atoms with van der Waals surface area (Å²) in [6.45, 7) is 0. The first-order valence-corrected chi connectivity index (χ1v) is 5.51. The number of hydrogen-bond donors (Lipinski definition) is 0. The fraction of sp³-hybridized carbons (Fsp3) is 0.0667. The molecule has 0 aliphatic rings. The van der Waals surface area contributed by atoms with Gasteiger partial charge in [0.1, 0.15) is 23.7 Å². The number of benzene rings is 2. The zero-order chi connectivity index (χ0) is 12.8. The van der Waals surface area contributed by atoms with Crippen LogP contribution in [-0.4, -0.2) is 6.29 Å². The molecule has 0 heterocycles. The van der Waals surface area contributed by atoms with Gasteiger partial charge in [-0.05, 0) is 29.8 Å². The molecule has 1 atom stereocenters. The molecular weight excluding hydrogens is 226 g/mol. The van der Waals surface area contributed by atoms with Gasteiger partial charge < -0.3 is 9.53 Å². The Morgan fingerprint density at radius 3 is 2.44 bits per heavy atom. The Kier molecular flexibility index (Phi) is 3.72. The van der Waals surface area contributed by atoms with E-state index in [0.717, 1.165) is 0 Å². The van der Waals surface area contributed by atoms with Crippen LogP contribution in [0, 0.1) is 11.3 Å². The summed E-state index contributed by atoms with van der Waals surface area (Å²) in [5.74, 6) is 0.583. The average molecular weight is 237 g/mol. The number of carbonyl (C=O) groups excluding carboxylic acids is 1. The van der Waals surface area contributed by atoms with Gasteiger partial charge in [-0.15, -0.1) is 0 Å². The van der Waals surface area contributed by atoms with Crippen molar-refractivity contribution in [3.8, 4) is 17.6 Å². The van der Waals surface area contributed by atoms with Crippen LogP contribution in [0.25, 0.3) is 0 Å². The summed E-state index contributed by atoms with van der Waals surface area (Å²) in [5, 5.41) is 8.84. The van der Waals surface area contributed by atoms with Crippen molar-refractivity contribution in [2.75, 3.05) is 0 Å². The summed E-state index contributed by atoms with van der Waals surface area (Å²) in [4.78, 5) is 10.7. The largest absolute Gasteiger partial charge is 0.457 e. The number of aldehydes is 1. The summed E-state index contributed by atoms with van der Waals surface area (Å²) in [6, 6.07) is 18.3. The molecule has 3 heteroatoms. The Balaban J connectivity index is 2.23. The van der Waals surface area contributed by atoms with Crippen LogP contribution in [-0.2, 0) is 4.79 Å². The molecule has 0 spiro atoms. The maximum Gasteiger partial charge on any atom is 0.141 e. The molecule has 3 nitrogen and oxygen atoms in total. The second-order valence-electron chi connectivity index (χ2n) is 3.73. The van der Waals surface area contributed by atoms with E-state index in [1.165, 1.54) is 0 Å². The minimum atomic E-state index is -0.746. The first-order valence-electron chi connectivity index (χ1n) is 5.51. The van der Waals surface area contributed by atoms with Gasteiger partial charge >= 0.3 is 0 Å². The molecule has 0 aromatic heterocycles. The fourth-order valence-electron chi connectivity index (χ4n) is 1.58. The van der Waals surface area contributed by atoms with Crippen LogP contribution >= 0.6 is 0 Å². The summed E-state index contributed by atoms with van der Waals surface area (Å²) in [6.07, 6.45) is 0.627. The van der Waals surface area contributed by atoms with Crippen molar-refractivity contribution < 1.29 is 9.53 Å². The predicted molar refractivity (Wildman–Crippen MR) is 67.4 cm³/mol. The quantitative estimate of drug-likeness (QED) is 0.767. The molecule has 2 aromatic rings. The van der Waals surface area contributed by atoms with Crippen LogP contribution in [0.2, 0.25) is 0 Å². The first-order chi connectivity index (χ1) is 8.83. The number of nitrogens with zero attached hydrogens (tertiary/aromatic N) is 1. The van der Waals surface area contributed by atoms with Crippen molar-refractivity contribution in [2.24, 2.45) is 0 Å². The van der Waals surface area contributed by atoms with E-state index in [2.05, 4.69) is 0 Å². The Morgan fingerprint density at radius 2 is 1.78 bits per heavy atom. The highest BCUT2D eigenvalue weighted by Gasteiger charge is 2.09. The van der Waals surface area contributed by atoms with Crippen molar-refractivity contribution in [1.82, 2.24) is 0 Å². The second-order valence-corrected chi connectivity index (χ2v) is 3.73. The van der Waals surface area contributed by atoms with Gasteiger partial charge in [-0.1, -0.05) is 30.3 Å². The maximum atomic E-state index is 10.7. The van der Waals surface area contributed by atoms with Crippen molar-refractivity contribution in [3.63, 3.8) is 0 Å². The number of nitriles is 1. The van der Waals surface area contributed by atoms with Crippen LogP contribution in [0.1, 0.15) is 11.5 Å². The van der Waals surface area contributed by atoms with Crippen LogP contribution in [0.3, 0.4) is 0 Å². The molecule has 0 bridgehead atoms. The predicted octanol–water partition coefficient (Wildman–Crippen LogP) is 3.28. The van der Waals surface area contributed by atoms with Gasteiger partial charge in [0.05, 0.1) is 6.07 Å². The van der Waals surface area contributed by atoms with Crippen LogP contribution in [0.15, 0.2) is 54.6 Å². The van der Waals surface area contributed by atoms with E-state index in [0.29, 0.717) is 23.3 Å². The van der Waals surface area contributed by atoms with Crippen molar-refractivity contribution >= 4 is 6.29 Å². The van der Waals surface area contributed by atoms with E-state index in [4.69, 9.17) is 10.00 Å². The van der Waals surface area contributed by atoms with E-state index in [1.54, 1.807) is 24.3 Å². The monoisotopic (exact) mass is 237 g/mol. The van der Waals surface area contributed by atoms with Gasteiger partial charge in [0.25, 0.3) is 0 Å². The van der Waals surface area contributed by atoms with E-state index in [9.17, 15) is 4.79 Å². The third-order valence-electron chi connectivity index (χ3n) is 2.47. The molecule has 0 fully saturated rings. The Morgan fingerprint density at radius 1 is 1.06 bits per heavy atom. The average Bonchev–Trinajstić information content (AvgIpc) is 2.42. The molecule has 2 rings (SSSR count). The van der Waals surface area contributed by atoms with Gasteiger partial charge in [-0.25, -0.2) is 0 Å². The molecule has 0 radical (unpaired) electrons. The highest BCUT2D eigenvalue weighted by atomic mass is 16.5. The van der Waals surface area contributed by atoms with E-state index < -0.39 is 5.92 Å². The third kappa shape index (κ3) is 2.74. The highest BCUT2D eigenvalue weighted by Crippen LogP contribution is 2.24. The van der Waals surface area contributed by atoms with E-state index in [-0.39, 0.29) is 0 Å². The molecule has 0 amide bonds. The maximum absolute atomic E-state index is 10.7. The lowest BCUT2D eigenvalue weighted by molar-refractivity contribution is -0.108. The summed E-state index contributed by atoms with van der Waals surface area (Å²) >= 11 is 0. The lowest BCUT2D eigenvalue weighted by Crippen LogP contribution is -1.96. The number of para-hydroxylation sites is 1. The molecule has 0 aliphatic carbocycles. The topological polar surface area (TPSA) is 50.1 Å². The molecule has 2 aromatic carbocycles. The highest BCUT2D eigenvalue weighted by molar-refractivity contribution is 5.66. The van der Waals surface area contributed by atoms with Crippen LogP contribution in [0.5, 0.6) is 11.5 Å². The molecule has 0 aliphatic heterocycles. The van der Waals surface area contributed by atoms with Crippen molar-refractivity contribution in [1.29, 1.82) is 5.26 Å². The Hall–Kier alpha value is -2.60. The number of ether oxygens (including phenoxy) is 1. The fourth-order valence-corrected chi connectivity index (χ4v) is 1.58. The smallest absolute Gasteiger partial charge is 0.141 e. The van der Waals surface area contributed by atoms with Crippen molar-refractivity contribution in [2.45, 2.75) is 5.92 Å². The van der Waals surface area contributed by atoms with Gasteiger partial charge in [-0.3, -0.25) is 0 Å². The SMILES string of the molecule is N#CC(C=O)c1cccc(Oc2ccccc2)c1. The minimum absolute atomic E-state index is 0.612. The minimum Gasteiger partial charge on any atom is -0.457 e. The summed E-state index contributed by atoms with van der Waals surface area (Å²) in [5.41, 5.74) is 0.640. The molecular formula is C15H11NO2. The zero-order valence-electron chi connectivity index (χ0n) is 9.61.